The van der Waals surface area contributed by atoms with E-state index in [0.717, 1.165) is 31.5 Å². The molecule has 1 atom stereocenters. The van der Waals surface area contributed by atoms with Crippen LogP contribution < -0.4 is 18.9 Å². The average molecular weight is 690 g/mol. The summed E-state index contributed by atoms with van der Waals surface area (Å²) in [5.74, 6) is -1.76. The largest absolute Gasteiger partial charge is 0.619 e. The van der Waals surface area contributed by atoms with Crippen LogP contribution in [0.2, 0.25) is 10.0 Å². The highest BCUT2D eigenvalue weighted by atomic mass is 35.5. The van der Waals surface area contributed by atoms with Crippen molar-refractivity contribution in [2.75, 3.05) is 24.2 Å². The Morgan fingerprint density at radius 1 is 1.07 bits per heavy atom. The van der Waals surface area contributed by atoms with Gasteiger partial charge in [-0.2, -0.15) is 13.5 Å². The molecule has 16 heteroatoms. The van der Waals surface area contributed by atoms with E-state index < -0.39 is 41.3 Å². The maximum absolute atomic E-state index is 13.1. The molecule has 11 nitrogen and oxygen atoms in total. The molecule has 1 aromatic heterocycles. The predicted molar refractivity (Wildman–Crippen MR) is 159 cm³/mol. The lowest BCUT2D eigenvalue weighted by Crippen LogP contribution is -2.26. The Morgan fingerprint density at radius 2 is 1.76 bits per heavy atom. The molecular formula is C29H28Cl2F2N2O9S. The molecule has 0 bridgehead atoms. The molecule has 1 N–H and O–H groups in total. The lowest BCUT2D eigenvalue weighted by Gasteiger charge is -2.21. The smallest absolute Gasteiger partial charge is 0.387 e. The van der Waals surface area contributed by atoms with Gasteiger partial charge in [0.15, 0.2) is 30.5 Å². The van der Waals surface area contributed by atoms with Gasteiger partial charge in [-0.05, 0) is 48.1 Å². The minimum Gasteiger partial charge on any atom is -0.619 e. The molecule has 0 saturated heterocycles. The standard InChI is InChI=1S/C29H28Cl2F2N2O9S/c1-45(39,40)34-23-5-3-2-4-18(23)11-27(36)42-16-28(37)43-25(12-20-21(30)13-35(38)14-22(20)31)19-8-9-24(44-29(32)33)26(10-19)41-15-17-6-7-17/h2-5,8-10,13-14,17,25,29,34H,6-7,11-12,15-16H2,1H3. The summed E-state index contributed by atoms with van der Waals surface area (Å²) in [6, 6.07) is 10.2. The first-order chi connectivity index (χ1) is 21.3. The third-order valence-corrected chi connectivity index (χ3v) is 7.69. The van der Waals surface area contributed by atoms with Gasteiger partial charge in [-0.3, -0.25) is 9.52 Å². The number of carbonyl (C=O) groups excluding carboxylic acids is 2. The molecule has 0 spiro atoms. The van der Waals surface area contributed by atoms with Crippen LogP contribution in [0.4, 0.5) is 14.5 Å². The van der Waals surface area contributed by atoms with E-state index in [1.165, 1.54) is 30.3 Å². The lowest BCUT2D eigenvalue weighted by molar-refractivity contribution is -0.605. The van der Waals surface area contributed by atoms with Gasteiger partial charge >= 0.3 is 18.6 Å². The van der Waals surface area contributed by atoms with Crippen molar-refractivity contribution in [2.45, 2.75) is 38.4 Å². The summed E-state index contributed by atoms with van der Waals surface area (Å²) in [7, 11) is -3.62. The van der Waals surface area contributed by atoms with E-state index in [-0.39, 0.29) is 63.7 Å². The number of benzene rings is 2. The highest BCUT2D eigenvalue weighted by molar-refractivity contribution is 7.92. The molecule has 1 unspecified atom stereocenters. The number of hydrogen-bond acceptors (Lipinski definition) is 9. The van der Waals surface area contributed by atoms with Crippen LogP contribution in [0.15, 0.2) is 54.9 Å². The zero-order valence-corrected chi connectivity index (χ0v) is 26.0. The first-order valence-corrected chi connectivity index (χ1v) is 16.1. The van der Waals surface area contributed by atoms with E-state index in [1.807, 2.05) is 0 Å². The number of nitrogens with zero attached hydrogens (tertiary/aromatic N) is 1. The van der Waals surface area contributed by atoms with Crippen molar-refractivity contribution in [3.8, 4) is 11.5 Å². The molecule has 1 aliphatic rings. The molecule has 242 valence electrons. The highest BCUT2D eigenvalue weighted by Gasteiger charge is 2.27. The van der Waals surface area contributed by atoms with Crippen molar-refractivity contribution < 1.29 is 50.5 Å². The van der Waals surface area contributed by atoms with Crippen molar-refractivity contribution in [3.05, 3.63) is 86.8 Å². The van der Waals surface area contributed by atoms with Crippen LogP contribution in [0.25, 0.3) is 0 Å². The van der Waals surface area contributed by atoms with Crippen LogP contribution in [0.3, 0.4) is 0 Å². The number of sulfonamides is 1. The molecule has 0 radical (unpaired) electrons. The zero-order valence-electron chi connectivity index (χ0n) is 23.7. The molecule has 0 aliphatic heterocycles. The Hall–Kier alpha value is -3.88. The van der Waals surface area contributed by atoms with E-state index in [2.05, 4.69) is 9.46 Å². The number of halogens is 4. The van der Waals surface area contributed by atoms with Crippen LogP contribution in [0.5, 0.6) is 11.5 Å². The van der Waals surface area contributed by atoms with E-state index in [4.69, 9.17) is 37.4 Å². The minimum atomic E-state index is -3.62. The molecular weight excluding hydrogens is 661 g/mol. The summed E-state index contributed by atoms with van der Waals surface area (Å²) in [6.45, 7) is -3.66. The average Bonchev–Trinajstić information content (AvgIpc) is 3.77. The van der Waals surface area contributed by atoms with Gasteiger partial charge in [-0.25, -0.2) is 13.2 Å². The van der Waals surface area contributed by atoms with E-state index >= 15 is 0 Å². The SMILES string of the molecule is CS(=O)(=O)Nc1ccccc1CC(=O)OCC(=O)OC(Cc1c(Cl)c[n+]([O-])cc1Cl)c1ccc(OC(F)F)c(OCC2CC2)c1. The number of para-hydroxylation sites is 1. The van der Waals surface area contributed by atoms with Crippen LogP contribution in [-0.2, 0) is 41.9 Å². The minimum absolute atomic E-state index is 0.00352. The Bertz CT molecular complexity index is 1630. The number of pyridine rings is 1. The van der Waals surface area contributed by atoms with E-state index in [1.54, 1.807) is 12.1 Å². The van der Waals surface area contributed by atoms with Gasteiger partial charge < -0.3 is 24.2 Å². The summed E-state index contributed by atoms with van der Waals surface area (Å²) in [4.78, 5) is 25.4. The number of rotatable bonds is 15. The second-order valence-corrected chi connectivity index (χ2v) is 12.7. The van der Waals surface area contributed by atoms with Crippen molar-refractivity contribution in [1.82, 2.24) is 0 Å². The second-order valence-electron chi connectivity index (χ2n) is 10.2. The number of carbonyl (C=O) groups is 2. The van der Waals surface area contributed by atoms with Gasteiger partial charge in [-0.15, -0.1) is 0 Å². The molecule has 1 aliphatic carbocycles. The zero-order chi connectivity index (χ0) is 32.7. The molecule has 45 heavy (non-hydrogen) atoms. The molecule has 1 fully saturated rings. The Labute approximate surface area is 267 Å². The molecule has 1 saturated carbocycles. The maximum Gasteiger partial charge on any atom is 0.387 e. The third-order valence-electron chi connectivity index (χ3n) is 6.45. The third kappa shape index (κ3) is 10.6. The Kier molecular flexibility index (Phi) is 11.3. The van der Waals surface area contributed by atoms with E-state index in [0.29, 0.717) is 10.3 Å². The lowest BCUT2D eigenvalue weighted by atomic mass is 10.0. The fourth-order valence-electron chi connectivity index (χ4n) is 4.17. The molecule has 4 rings (SSSR count). The van der Waals surface area contributed by atoms with Gasteiger partial charge in [0.25, 0.3) is 0 Å². The topological polar surface area (TPSA) is 144 Å². The van der Waals surface area contributed by atoms with Gasteiger partial charge in [0.1, 0.15) is 16.1 Å². The highest BCUT2D eigenvalue weighted by Crippen LogP contribution is 2.37. The number of nitrogens with one attached hydrogen (secondary N) is 1. The molecule has 2 aromatic carbocycles. The summed E-state index contributed by atoms with van der Waals surface area (Å²) in [5, 5.41) is 11.7. The quantitative estimate of drug-likeness (QED) is 0.132. The normalized spacial score (nSPS) is 13.6. The van der Waals surface area contributed by atoms with Gasteiger partial charge in [0.05, 0.1) is 25.0 Å². The summed E-state index contributed by atoms with van der Waals surface area (Å²) in [6.07, 6.45) is 3.30. The molecule has 0 amide bonds. The van der Waals surface area contributed by atoms with Crippen LogP contribution in [0.1, 0.15) is 35.6 Å². The predicted octanol–water partition coefficient (Wildman–Crippen LogP) is 5.00. The van der Waals surface area contributed by atoms with Gasteiger partial charge in [0, 0.05) is 12.0 Å². The van der Waals surface area contributed by atoms with Crippen molar-refractivity contribution >= 4 is 50.9 Å². The van der Waals surface area contributed by atoms with E-state index in [9.17, 15) is 32.0 Å². The number of alkyl halides is 2. The first kappa shape index (κ1) is 34.0. The van der Waals surface area contributed by atoms with Crippen LogP contribution >= 0.6 is 23.2 Å². The van der Waals surface area contributed by atoms with Crippen LogP contribution in [-0.4, -0.2) is 46.4 Å². The Balaban J connectivity index is 1.52. The Morgan fingerprint density at radius 3 is 2.40 bits per heavy atom. The first-order valence-electron chi connectivity index (χ1n) is 13.5. The summed E-state index contributed by atoms with van der Waals surface area (Å²) < 4.78 is 73.2. The monoisotopic (exact) mass is 688 g/mol. The van der Waals surface area contributed by atoms with Crippen molar-refractivity contribution in [3.63, 3.8) is 0 Å². The molecule has 1 heterocycles. The number of anilines is 1. The van der Waals surface area contributed by atoms with Crippen molar-refractivity contribution in [1.29, 1.82) is 0 Å². The fourth-order valence-corrected chi connectivity index (χ4v) is 5.37. The summed E-state index contributed by atoms with van der Waals surface area (Å²) in [5.41, 5.74) is 1.03. The number of esters is 2. The summed E-state index contributed by atoms with van der Waals surface area (Å²) >= 11 is 12.5. The second kappa shape index (κ2) is 14.9. The number of aromatic nitrogens is 1. The number of ether oxygens (including phenoxy) is 4. The fraction of sp³-hybridized carbons (Fsp3) is 0.345. The van der Waals surface area contributed by atoms with Gasteiger partial charge in [0.2, 0.25) is 10.0 Å². The van der Waals surface area contributed by atoms with Crippen molar-refractivity contribution in [2.24, 2.45) is 5.92 Å². The molecule has 3 aromatic rings. The van der Waals surface area contributed by atoms with Gasteiger partial charge in [-0.1, -0.05) is 47.5 Å². The van der Waals surface area contributed by atoms with Crippen LogP contribution in [0, 0.1) is 11.1 Å². The maximum atomic E-state index is 13.1. The number of hydrogen-bond donors (Lipinski definition) is 1.